The predicted octanol–water partition coefficient (Wildman–Crippen LogP) is 2.24. The topological polar surface area (TPSA) is 49.0 Å². The molecule has 5 heteroatoms. The molecule has 1 aromatic carbocycles. The first kappa shape index (κ1) is 17.8. The van der Waals surface area contributed by atoms with Crippen molar-refractivity contribution < 1.29 is 18.9 Å². The molecule has 0 heterocycles. The van der Waals surface area contributed by atoms with Gasteiger partial charge in [0.25, 0.3) is 0 Å². The highest BCUT2D eigenvalue weighted by atomic mass is 16.5. The van der Waals surface area contributed by atoms with Gasteiger partial charge in [-0.2, -0.15) is 0 Å². The summed E-state index contributed by atoms with van der Waals surface area (Å²) in [5.41, 5.74) is 1.10. The van der Waals surface area contributed by atoms with Gasteiger partial charge in [0, 0.05) is 25.8 Å². The molecule has 0 aliphatic heterocycles. The van der Waals surface area contributed by atoms with Crippen molar-refractivity contribution in [2.45, 2.75) is 19.4 Å². The minimum atomic E-state index is 0.661. The third-order valence-electron chi connectivity index (χ3n) is 3.13. The normalized spacial score (nSPS) is 10.6. The van der Waals surface area contributed by atoms with Gasteiger partial charge in [0.05, 0.1) is 27.4 Å². The highest BCUT2D eigenvalue weighted by molar-refractivity contribution is 5.40. The SMILES string of the molecule is COCCOCCCCNCc1cc(OC)ccc1OC. The van der Waals surface area contributed by atoms with Crippen LogP contribution in [0.4, 0.5) is 0 Å². The lowest BCUT2D eigenvalue weighted by Gasteiger charge is -2.11. The summed E-state index contributed by atoms with van der Waals surface area (Å²) in [4.78, 5) is 0. The van der Waals surface area contributed by atoms with E-state index in [9.17, 15) is 0 Å². The molecule has 0 amide bonds. The summed E-state index contributed by atoms with van der Waals surface area (Å²) in [5.74, 6) is 1.73. The molecule has 0 unspecified atom stereocenters. The number of nitrogens with one attached hydrogen (secondary N) is 1. The van der Waals surface area contributed by atoms with E-state index in [1.54, 1.807) is 21.3 Å². The number of methoxy groups -OCH3 is 3. The molecular weight excluding hydrogens is 270 g/mol. The molecule has 1 N–H and O–H groups in total. The number of benzene rings is 1. The molecular formula is C16H27NO4. The van der Waals surface area contributed by atoms with Gasteiger partial charge >= 0.3 is 0 Å². The van der Waals surface area contributed by atoms with Crippen LogP contribution in [0.15, 0.2) is 18.2 Å². The zero-order valence-electron chi connectivity index (χ0n) is 13.3. The highest BCUT2D eigenvalue weighted by Crippen LogP contribution is 2.23. The zero-order chi connectivity index (χ0) is 15.3. The number of hydrogen-bond donors (Lipinski definition) is 1. The van der Waals surface area contributed by atoms with Gasteiger partial charge in [-0.3, -0.25) is 0 Å². The number of hydrogen-bond acceptors (Lipinski definition) is 5. The monoisotopic (exact) mass is 297 g/mol. The van der Waals surface area contributed by atoms with E-state index in [-0.39, 0.29) is 0 Å². The van der Waals surface area contributed by atoms with Crippen LogP contribution in [0.2, 0.25) is 0 Å². The molecule has 0 aliphatic rings. The average Bonchev–Trinajstić information content (AvgIpc) is 2.53. The molecule has 0 fully saturated rings. The van der Waals surface area contributed by atoms with E-state index in [2.05, 4.69) is 5.32 Å². The van der Waals surface area contributed by atoms with E-state index in [0.717, 1.165) is 49.6 Å². The maximum absolute atomic E-state index is 5.42. The lowest BCUT2D eigenvalue weighted by atomic mass is 10.2. The average molecular weight is 297 g/mol. The summed E-state index contributed by atoms with van der Waals surface area (Å²) in [7, 11) is 5.03. The Kier molecular flexibility index (Phi) is 9.61. The van der Waals surface area contributed by atoms with Gasteiger partial charge in [0.2, 0.25) is 0 Å². The molecule has 0 bridgehead atoms. The van der Waals surface area contributed by atoms with E-state index in [1.165, 1.54) is 0 Å². The number of rotatable bonds is 12. The van der Waals surface area contributed by atoms with Crippen molar-refractivity contribution in [3.8, 4) is 11.5 Å². The van der Waals surface area contributed by atoms with Crippen molar-refractivity contribution in [1.29, 1.82) is 0 Å². The third kappa shape index (κ3) is 7.32. The molecule has 0 aliphatic carbocycles. The maximum Gasteiger partial charge on any atom is 0.123 e. The molecule has 0 saturated carbocycles. The van der Waals surface area contributed by atoms with Crippen LogP contribution in [0, 0.1) is 0 Å². The third-order valence-corrected chi connectivity index (χ3v) is 3.13. The van der Waals surface area contributed by atoms with Crippen molar-refractivity contribution in [3.63, 3.8) is 0 Å². The minimum absolute atomic E-state index is 0.661. The van der Waals surface area contributed by atoms with Crippen LogP contribution in [0.1, 0.15) is 18.4 Å². The van der Waals surface area contributed by atoms with Crippen LogP contribution in [0.3, 0.4) is 0 Å². The van der Waals surface area contributed by atoms with E-state index < -0.39 is 0 Å². The van der Waals surface area contributed by atoms with Crippen LogP contribution < -0.4 is 14.8 Å². The van der Waals surface area contributed by atoms with E-state index in [4.69, 9.17) is 18.9 Å². The lowest BCUT2D eigenvalue weighted by Crippen LogP contribution is -2.16. The first-order valence-corrected chi connectivity index (χ1v) is 7.30. The Morgan fingerprint density at radius 1 is 0.952 bits per heavy atom. The predicted molar refractivity (Wildman–Crippen MR) is 83.2 cm³/mol. The van der Waals surface area contributed by atoms with Gasteiger partial charge in [-0.25, -0.2) is 0 Å². The van der Waals surface area contributed by atoms with Crippen LogP contribution in [-0.2, 0) is 16.0 Å². The first-order valence-electron chi connectivity index (χ1n) is 7.30. The van der Waals surface area contributed by atoms with Crippen LogP contribution in [-0.4, -0.2) is 47.7 Å². The minimum Gasteiger partial charge on any atom is -0.497 e. The Labute approximate surface area is 127 Å². The molecule has 5 nitrogen and oxygen atoms in total. The molecule has 0 saturated heterocycles. The highest BCUT2D eigenvalue weighted by Gasteiger charge is 2.04. The summed E-state index contributed by atoms with van der Waals surface area (Å²) >= 11 is 0. The second-order valence-electron chi connectivity index (χ2n) is 4.67. The van der Waals surface area contributed by atoms with Crippen molar-refractivity contribution in [3.05, 3.63) is 23.8 Å². The summed E-state index contributed by atoms with van der Waals surface area (Å²) < 4.78 is 20.9. The molecule has 0 atom stereocenters. The van der Waals surface area contributed by atoms with E-state index in [1.807, 2.05) is 18.2 Å². The zero-order valence-corrected chi connectivity index (χ0v) is 13.3. The van der Waals surface area contributed by atoms with E-state index in [0.29, 0.717) is 13.2 Å². The Morgan fingerprint density at radius 2 is 1.81 bits per heavy atom. The van der Waals surface area contributed by atoms with Gasteiger partial charge in [-0.05, 0) is 37.6 Å². The van der Waals surface area contributed by atoms with Gasteiger partial charge < -0.3 is 24.3 Å². The molecule has 21 heavy (non-hydrogen) atoms. The summed E-state index contributed by atoms with van der Waals surface area (Å²) in [6, 6.07) is 5.83. The number of unbranched alkanes of at least 4 members (excludes halogenated alkanes) is 1. The van der Waals surface area contributed by atoms with Crippen LogP contribution in [0.25, 0.3) is 0 Å². The second-order valence-corrected chi connectivity index (χ2v) is 4.67. The fourth-order valence-corrected chi connectivity index (χ4v) is 1.94. The van der Waals surface area contributed by atoms with Crippen molar-refractivity contribution in [2.75, 3.05) is 47.7 Å². The van der Waals surface area contributed by atoms with Crippen LogP contribution in [0.5, 0.6) is 11.5 Å². The molecule has 1 aromatic rings. The fraction of sp³-hybridized carbons (Fsp3) is 0.625. The molecule has 1 rings (SSSR count). The molecule has 120 valence electrons. The quantitative estimate of drug-likeness (QED) is 0.600. The Hall–Kier alpha value is -1.30. The lowest BCUT2D eigenvalue weighted by molar-refractivity contribution is 0.0688. The largest absolute Gasteiger partial charge is 0.497 e. The summed E-state index contributed by atoms with van der Waals surface area (Å²) in [5, 5.41) is 3.41. The van der Waals surface area contributed by atoms with E-state index >= 15 is 0 Å². The van der Waals surface area contributed by atoms with Crippen molar-refractivity contribution >= 4 is 0 Å². The van der Waals surface area contributed by atoms with Gasteiger partial charge in [-0.15, -0.1) is 0 Å². The van der Waals surface area contributed by atoms with Gasteiger partial charge in [-0.1, -0.05) is 0 Å². The Morgan fingerprint density at radius 3 is 2.52 bits per heavy atom. The fourth-order valence-electron chi connectivity index (χ4n) is 1.94. The standard InChI is InChI=1S/C16H27NO4/c1-18-10-11-21-9-5-4-8-17-13-14-12-15(19-2)6-7-16(14)20-3/h6-7,12,17H,4-5,8-11,13H2,1-3H3. The Bertz CT molecular complexity index is 385. The number of ether oxygens (including phenoxy) is 4. The molecule has 0 spiro atoms. The van der Waals surface area contributed by atoms with Gasteiger partial charge in [0.15, 0.2) is 0 Å². The van der Waals surface area contributed by atoms with Crippen molar-refractivity contribution in [1.82, 2.24) is 5.32 Å². The first-order chi connectivity index (χ1) is 10.3. The second kappa shape index (κ2) is 11.4. The molecule has 0 radical (unpaired) electrons. The smallest absolute Gasteiger partial charge is 0.123 e. The Balaban J connectivity index is 2.17. The molecule has 0 aromatic heterocycles. The van der Waals surface area contributed by atoms with Gasteiger partial charge in [0.1, 0.15) is 11.5 Å². The van der Waals surface area contributed by atoms with Crippen LogP contribution >= 0.6 is 0 Å². The van der Waals surface area contributed by atoms with Crippen molar-refractivity contribution in [2.24, 2.45) is 0 Å². The summed E-state index contributed by atoms with van der Waals surface area (Å²) in [6.45, 7) is 3.84. The summed E-state index contributed by atoms with van der Waals surface area (Å²) in [6.07, 6.45) is 2.13. The maximum atomic E-state index is 5.42.